The summed E-state index contributed by atoms with van der Waals surface area (Å²) in [5.74, 6) is -0.525. The number of hydrogen-bond acceptors (Lipinski definition) is 5. The van der Waals surface area contributed by atoms with E-state index in [1.54, 1.807) is 0 Å². The number of primary sulfonamides is 1. The number of sulfonamides is 1. The van der Waals surface area contributed by atoms with Crippen molar-refractivity contribution < 1.29 is 13.2 Å². The third-order valence-electron chi connectivity index (χ3n) is 5.63. The number of amides is 1. The van der Waals surface area contributed by atoms with E-state index in [4.69, 9.17) is 33.3 Å². The molecule has 3 N–H and O–H groups in total. The molecule has 0 radical (unpaired) electrons. The number of aryl methyl sites for hydroxylation is 4. The van der Waals surface area contributed by atoms with Gasteiger partial charge in [0.1, 0.15) is 10.6 Å². The summed E-state index contributed by atoms with van der Waals surface area (Å²) in [4.78, 5) is 20.1. The van der Waals surface area contributed by atoms with Crippen molar-refractivity contribution in [3.05, 3.63) is 80.3 Å². The number of benzene rings is 3. The lowest BCUT2D eigenvalue weighted by molar-refractivity contribution is -0.110. The number of carbonyl (C=O) groups excluding carboxylic acids is 1. The Bertz CT molecular complexity index is 1480. The third kappa shape index (κ3) is 6.07. The molecule has 1 amide bonds. The SMILES string of the molecule is Cc1cc(C)c(C(=Nc2ccc(N(C)C)cc2C)C(=O)Nc2cc(Cl)c(S(N)(=O)=O)cc2Cl)c(C)c1. The minimum Gasteiger partial charge on any atom is -0.378 e. The van der Waals surface area contributed by atoms with Crippen molar-refractivity contribution in [2.24, 2.45) is 10.1 Å². The molecule has 3 rings (SSSR count). The number of halogens is 2. The van der Waals surface area contributed by atoms with Crippen molar-refractivity contribution in [3.63, 3.8) is 0 Å². The van der Waals surface area contributed by atoms with Crippen LogP contribution < -0.4 is 15.4 Å². The Morgan fingerprint density at radius 1 is 0.917 bits per heavy atom. The van der Waals surface area contributed by atoms with E-state index < -0.39 is 15.9 Å². The summed E-state index contributed by atoms with van der Waals surface area (Å²) in [5.41, 5.74) is 6.39. The lowest BCUT2D eigenvalue weighted by atomic mass is 9.95. The maximum absolute atomic E-state index is 13.6. The lowest BCUT2D eigenvalue weighted by Crippen LogP contribution is -2.26. The van der Waals surface area contributed by atoms with Gasteiger partial charge in [-0.1, -0.05) is 40.9 Å². The molecule has 0 heterocycles. The van der Waals surface area contributed by atoms with Crippen LogP contribution in [0, 0.1) is 27.7 Å². The van der Waals surface area contributed by atoms with E-state index in [9.17, 15) is 13.2 Å². The first-order valence-corrected chi connectivity index (χ1v) is 13.3. The molecule has 0 fully saturated rings. The van der Waals surface area contributed by atoms with Crippen molar-refractivity contribution in [1.82, 2.24) is 0 Å². The smallest absolute Gasteiger partial charge is 0.274 e. The number of rotatable bonds is 6. The van der Waals surface area contributed by atoms with Gasteiger partial charge < -0.3 is 10.2 Å². The molecule has 0 saturated heterocycles. The number of nitrogens with one attached hydrogen (secondary N) is 1. The second kappa shape index (κ2) is 10.6. The Kier molecular flexibility index (Phi) is 8.15. The Balaban J connectivity index is 2.16. The molecule has 3 aromatic rings. The monoisotopic (exact) mass is 546 g/mol. The molecule has 0 aliphatic carbocycles. The van der Waals surface area contributed by atoms with Gasteiger partial charge >= 0.3 is 0 Å². The molecule has 190 valence electrons. The van der Waals surface area contributed by atoms with Crippen molar-refractivity contribution in [2.75, 3.05) is 24.3 Å². The zero-order valence-corrected chi connectivity index (χ0v) is 23.2. The topological polar surface area (TPSA) is 105 Å². The van der Waals surface area contributed by atoms with Crippen molar-refractivity contribution >= 4 is 61.9 Å². The third-order valence-corrected chi connectivity index (χ3v) is 7.32. The van der Waals surface area contributed by atoms with E-state index in [1.807, 2.05) is 77.0 Å². The predicted molar refractivity (Wildman–Crippen MR) is 149 cm³/mol. The van der Waals surface area contributed by atoms with Crippen molar-refractivity contribution in [1.29, 1.82) is 0 Å². The average Bonchev–Trinajstić information content (AvgIpc) is 2.74. The lowest BCUT2D eigenvalue weighted by Gasteiger charge is -2.17. The highest BCUT2D eigenvalue weighted by Crippen LogP contribution is 2.32. The molecule has 7 nitrogen and oxygen atoms in total. The highest BCUT2D eigenvalue weighted by molar-refractivity contribution is 7.89. The molecule has 36 heavy (non-hydrogen) atoms. The van der Waals surface area contributed by atoms with E-state index in [0.717, 1.165) is 34.0 Å². The normalized spacial score (nSPS) is 12.0. The summed E-state index contributed by atoms with van der Waals surface area (Å²) in [6.07, 6.45) is 0. The molecule has 0 saturated carbocycles. The summed E-state index contributed by atoms with van der Waals surface area (Å²) < 4.78 is 23.5. The van der Waals surface area contributed by atoms with Crippen LogP contribution in [0.2, 0.25) is 10.0 Å². The van der Waals surface area contributed by atoms with Crippen LogP contribution in [0.4, 0.5) is 17.1 Å². The molecule has 0 bridgehead atoms. The highest BCUT2D eigenvalue weighted by Gasteiger charge is 2.22. The van der Waals surface area contributed by atoms with Crippen molar-refractivity contribution in [2.45, 2.75) is 32.6 Å². The molecule has 3 aromatic carbocycles. The molecule has 0 unspecified atom stereocenters. The fourth-order valence-electron chi connectivity index (χ4n) is 3.96. The largest absolute Gasteiger partial charge is 0.378 e. The average molecular weight is 548 g/mol. The van der Waals surface area contributed by atoms with Crippen LogP contribution in [-0.2, 0) is 14.8 Å². The zero-order chi connectivity index (χ0) is 26.9. The van der Waals surface area contributed by atoms with Gasteiger partial charge in [0.05, 0.1) is 21.4 Å². The van der Waals surface area contributed by atoms with Gasteiger partial charge in [-0.25, -0.2) is 18.5 Å². The summed E-state index contributed by atoms with van der Waals surface area (Å²) in [6.45, 7) is 7.76. The van der Waals surface area contributed by atoms with Gasteiger partial charge in [0.15, 0.2) is 0 Å². The molecule has 0 aliphatic rings. The second-order valence-corrected chi connectivity index (χ2v) is 11.2. The summed E-state index contributed by atoms with van der Waals surface area (Å²) in [6, 6.07) is 12.1. The van der Waals surface area contributed by atoms with Crippen LogP contribution in [-0.4, -0.2) is 34.1 Å². The molecular formula is C26H28Cl2N4O3S. The van der Waals surface area contributed by atoms with Gasteiger partial charge in [-0.05, 0) is 74.7 Å². The number of nitrogens with two attached hydrogens (primary N) is 1. The highest BCUT2D eigenvalue weighted by atomic mass is 35.5. The minimum absolute atomic E-state index is 0.0278. The molecule has 0 aromatic heterocycles. The Hall–Kier alpha value is -2.91. The minimum atomic E-state index is -4.09. The second-order valence-electron chi connectivity index (χ2n) is 8.86. The first kappa shape index (κ1) is 27.7. The summed E-state index contributed by atoms with van der Waals surface area (Å²) >= 11 is 12.4. The standard InChI is InChI=1S/C26H28Cl2N4O3S/c1-14-9-16(3)24(17(4)10-14)25(30-21-8-7-18(32(5)6)11-15(21)2)26(33)31-22-12-20(28)23(13-19(22)27)36(29,34)35/h7-13H,1-6H3,(H,31,33)(H2,29,34,35). The van der Waals surface area contributed by atoms with E-state index in [-0.39, 0.29) is 26.3 Å². The maximum Gasteiger partial charge on any atom is 0.274 e. The van der Waals surface area contributed by atoms with Crippen LogP contribution in [0.3, 0.4) is 0 Å². The number of carbonyl (C=O) groups is 1. The number of hydrogen-bond donors (Lipinski definition) is 2. The quantitative estimate of drug-likeness (QED) is 0.386. The van der Waals surface area contributed by atoms with Gasteiger partial charge in [0.2, 0.25) is 10.0 Å². The fourth-order valence-corrected chi connectivity index (χ4v) is 5.34. The van der Waals surface area contributed by atoms with Crippen LogP contribution in [0.1, 0.15) is 27.8 Å². The predicted octanol–water partition coefficient (Wildman–Crippen LogP) is 5.70. The Morgan fingerprint density at radius 2 is 1.53 bits per heavy atom. The molecule has 0 atom stereocenters. The zero-order valence-electron chi connectivity index (χ0n) is 20.9. The number of anilines is 2. The van der Waals surface area contributed by atoms with E-state index in [2.05, 4.69) is 5.32 Å². The van der Waals surface area contributed by atoms with Gasteiger partial charge in [-0.2, -0.15) is 0 Å². The number of aliphatic imine (C=N–C) groups is 1. The molecule has 0 spiro atoms. The molecule has 0 aliphatic heterocycles. The van der Waals surface area contributed by atoms with Crippen LogP contribution >= 0.6 is 23.2 Å². The van der Waals surface area contributed by atoms with Crippen LogP contribution in [0.5, 0.6) is 0 Å². The van der Waals surface area contributed by atoms with E-state index in [0.29, 0.717) is 11.3 Å². The van der Waals surface area contributed by atoms with Crippen LogP contribution in [0.15, 0.2) is 52.4 Å². The first-order chi connectivity index (χ1) is 16.7. The fraction of sp³-hybridized carbons (Fsp3) is 0.231. The van der Waals surface area contributed by atoms with Gasteiger partial charge in [-0.3, -0.25) is 4.79 Å². The molecule has 10 heteroatoms. The van der Waals surface area contributed by atoms with E-state index in [1.165, 1.54) is 6.07 Å². The maximum atomic E-state index is 13.6. The van der Waals surface area contributed by atoms with Crippen molar-refractivity contribution in [3.8, 4) is 0 Å². The van der Waals surface area contributed by atoms with Gasteiger partial charge in [0.25, 0.3) is 5.91 Å². The Labute approximate surface area is 222 Å². The van der Waals surface area contributed by atoms with Crippen LogP contribution in [0.25, 0.3) is 0 Å². The number of nitrogens with zero attached hydrogens (tertiary/aromatic N) is 2. The van der Waals surface area contributed by atoms with Gasteiger partial charge in [0, 0.05) is 25.3 Å². The summed E-state index contributed by atoms with van der Waals surface area (Å²) in [7, 11) is -0.187. The summed E-state index contributed by atoms with van der Waals surface area (Å²) in [5, 5.41) is 7.75. The van der Waals surface area contributed by atoms with E-state index >= 15 is 0 Å². The Morgan fingerprint density at radius 3 is 2.06 bits per heavy atom. The molecular weight excluding hydrogens is 519 g/mol. The first-order valence-electron chi connectivity index (χ1n) is 11.0. The van der Waals surface area contributed by atoms with Gasteiger partial charge in [-0.15, -0.1) is 0 Å².